The van der Waals surface area contributed by atoms with Crippen LogP contribution in [0.1, 0.15) is 18.0 Å². The van der Waals surface area contributed by atoms with Gasteiger partial charge in [-0.2, -0.15) is 0 Å². The summed E-state index contributed by atoms with van der Waals surface area (Å²) in [4.78, 5) is 14.0. The van der Waals surface area contributed by atoms with Gasteiger partial charge >= 0.3 is 0 Å². The van der Waals surface area contributed by atoms with Crippen LogP contribution in [0, 0.1) is 11.7 Å². The minimum absolute atomic E-state index is 0. The average molecular weight is 352 g/mol. The second kappa shape index (κ2) is 10.0. The summed E-state index contributed by atoms with van der Waals surface area (Å²) in [7, 11) is 3.86. The van der Waals surface area contributed by atoms with Crippen LogP contribution in [0.4, 0.5) is 4.39 Å². The van der Waals surface area contributed by atoms with Gasteiger partial charge in [0, 0.05) is 13.1 Å². The third-order valence-corrected chi connectivity index (χ3v) is 3.76. The summed E-state index contributed by atoms with van der Waals surface area (Å²) in [6.07, 6.45) is 0.887. The average Bonchev–Trinajstić information content (AvgIpc) is 2.92. The van der Waals surface area contributed by atoms with Gasteiger partial charge in [-0.15, -0.1) is 24.8 Å². The summed E-state index contributed by atoms with van der Waals surface area (Å²) >= 11 is 0. The van der Waals surface area contributed by atoms with Gasteiger partial charge in [0.05, 0.1) is 12.0 Å². The van der Waals surface area contributed by atoms with Gasteiger partial charge in [0.25, 0.3) is 0 Å². The molecule has 126 valence electrons. The molecule has 1 aliphatic rings. The van der Waals surface area contributed by atoms with E-state index in [4.69, 9.17) is 0 Å². The molecule has 2 rings (SSSR count). The topological polar surface area (TPSA) is 44.4 Å². The zero-order valence-electron chi connectivity index (χ0n) is 12.8. The number of halogens is 3. The SMILES string of the molecule is CN(C)C(CNC(=O)C1CCNC1)c1cccc(F)c1.Cl.Cl. The standard InChI is InChI=1S/C15H22FN3O.2ClH/c1-19(2)14(11-4-3-5-13(16)8-11)10-18-15(20)12-6-7-17-9-12;;/h3-5,8,12,14,17H,6-7,9-10H2,1-2H3,(H,18,20);2*1H. The van der Waals surface area contributed by atoms with Crippen LogP contribution < -0.4 is 10.6 Å². The van der Waals surface area contributed by atoms with E-state index in [1.165, 1.54) is 12.1 Å². The molecule has 1 aliphatic heterocycles. The van der Waals surface area contributed by atoms with E-state index < -0.39 is 0 Å². The molecule has 22 heavy (non-hydrogen) atoms. The van der Waals surface area contributed by atoms with Crippen molar-refractivity contribution in [2.24, 2.45) is 5.92 Å². The Labute approximate surface area is 143 Å². The van der Waals surface area contributed by atoms with E-state index in [2.05, 4.69) is 10.6 Å². The lowest BCUT2D eigenvalue weighted by atomic mass is 10.0. The second-order valence-corrected chi connectivity index (χ2v) is 5.47. The summed E-state index contributed by atoms with van der Waals surface area (Å²) in [6, 6.07) is 6.51. The number of nitrogens with one attached hydrogen (secondary N) is 2. The Hall–Kier alpha value is -0.880. The summed E-state index contributed by atoms with van der Waals surface area (Å²) in [5, 5.41) is 6.16. The van der Waals surface area contributed by atoms with Gasteiger partial charge in [-0.25, -0.2) is 4.39 Å². The maximum absolute atomic E-state index is 13.3. The van der Waals surface area contributed by atoms with Crippen molar-refractivity contribution in [3.05, 3.63) is 35.6 Å². The molecule has 0 aromatic heterocycles. The normalized spacial score (nSPS) is 18.3. The molecule has 0 radical (unpaired) electrons. The van der Waals surface area contributed by atoms with Crippen molar-refractivity contribution in [1.29, 1.82) is 0 Å². The number of hydrogen-bond acceptors (Lipinski definition) is 3. The lowest BCUT2D eigenvalue weighted by molar-refractivity contribution is -0.124. The number of benzene rings is 1. The molecule has 4 nitrogen and oxygen atoms in total. The maximum Gasteiger partial charge on any atom is 0.224 e. The monoisotopic (exact) mass is 351 g/mol. The number of carbonyl (C=O) groups is 1. The molecule has 2 N–H and O–H groups in total. The largest absolute Gasteiger partial charge is 0.354 e. The highest BCUT2D eigenvalue weighted by molar-refractivity contribution is 5.85. The first kappa shape index (κ1) is 21.1. The quantitative estimate of drug-likeness (QED) is 0.852. The molecule has 7 heteroatoms. The van der Waals surface area contributed by atoms with Crippen LogP contribution in [0.3, 0.4) is 0 Å². The molecule has 2 atom stereocenters. The van der Waals surface area contributed by atoms with Crippen molar-refractivity contribution in [1.82, 2.24) is 15.5 Å². The Morgan fingerprint density at radius 2 is 2.18 bits per heavy atom. The number of likely N-dealkylation sites (N-methyl/N-ethyl adjacent to an activating group) is 1. The first-order valence-electron chi connectivity index (χ1n) is 6.98. The molecule has 0 saturated carbocycles. The number of hydrogen-bond donors (Lipinski definition) is 2. The highest BCUT2D eigenvalue weighted by Crippen LogP contribution is 2.18. The van der Waals surface area contributed by atoms with Crippen molar-refractivity contribution in [3.8, 4) is 0 Å². The zero-order valence-corrected chi connectivity index (χ0v) is 14.5. The van der Waals surface area contributed by atoms with Gasteiger partial charge in [0.15, 0.2) is 0 Å². The molecule has 1 aromatic rings. The molecule has 0 aliphatic carbocycles. The lowest BCUT2D eigenvalue weighted by Gasteiger charge is -2.25. The fraction of sp³-hybridized carbons (Fsp3) is 0.533. The molecule has 0 bridgehead atoms. The van der Waals surface area contributed by atoms with Gasteiger partial charge < -0.3 is 15.5 Å². The zero-order chi connectivity index (χ0) is 14.5. The molecule has 1 amide bonds. The van der Waals surface area contributed by atoms with Gasteiger partial charge in [-0.1, -0.05) is 12.1 Å². The highest BCUT2D eigenvalue weighted by atomic mass is 35.5. The van der Waals surface area contributed by atoms with Crippen LogP contribution in [0.2, 0.25) is 0 Å². The van der Waals surface area contributed by atoms with Crippen LogP contribution >= 0.6 is 24.8 Å². The number of amides is 1. The summed E-state index contributed by atoms with van der Waals surface area (Å²) in [6.45, 7) is 2.14. The van der Waals surface area contributed by atoms with Crippen molar-refractivity contribution >= 4 is 30.7 Å². The van der Waals surface area contributed by atoms with E-state index in [1.54, 1.807) is 6.07 Å². The van der Waals surface area contributed by atoms with Crippen LogP contribution in [0.25, 0.3) is 0 Å². The molecular formula is C15H24Cl2FN3O. The fourth-order valence-electron chi connectivity index (χ4n) is 2.53. The van der Waals surface area contributed by atoms with Crippen molar-refractivity contribution in [2.45, 2.75) is 12.5 Å². The summed E-state index contributed by atoms with van der Waals surface area (Å²) in [5.74, 6) is -0.107. The smallest absolute Gasteiger partial charge is 0.224 e. The molecule has 1 aromatic carbocycles. The van der Waals surface area contributed by atoms with Gasteiger partial charge in [0.1, 0.15) is 5.82 Å². The Morgan fingerprint density at radius 1 is 1.45 bits per heavy atom. The Morgan fingerprint density at radius 3 is 2.73 bits per heavy atom. The molecule has 0 spiro atoms. The van der Waals surface area contributed by atoms with E-state index in [9.17, 15) is 9.18 Å². The predicted molar refractivity (Wildman–Crippen MR) is 91.3 cm³/mol. The van der Waals surface area contributed by atoms with Gasteiger partial charge in [-0.05, 0) is 44.8 Å². The van der Waals surface area contributed by atoms with E-state index in [-0.39, 0.29) is 48.5 Å². The Balaban J connectivity index is 0.00000220. The minimum atomic E-state index is -0.249. The van der Waals surface area contributed by atoms with E-state index >= 15 is 0 Å². The third kappa shape index (κ3) is 5.72. The van der Waals surface area contributed by atoms with Crippen LogP contribution in [-0.2, 0) is 4.79 Å². The fourth-order valence-corrected chi connectivity index (χ4v) is 2.53. The number of rotatable bonds is 5. The van der Waals surface area contributed by atoms with Crippen LogP contribution in [0.15, 0.2) is 24.3 Å². The Kier molecular flexibility index (Phi) is 9.60. The molecule has 1 saturated heterocycles. The van der Waals surface area contributed by atoms with E-state index in [0.717, 1.165) is 25.1 Å². The molecule has 1 heterocycles. The van der Waals surface area contributed by atoms with Crippen LogP contribution in [-0.4, -0.2) is 44.5 Å². The third-order valence-electron chi connectivity index (χ3n) is 3.76. The number of nitrogens with zero attached hydrogens (tertiary/aromatic N) is 1. The van der Waals surface area contributed by atoms with E-state index in [0.29, 0.717) is 6.54 Å². The molecule has 1 fully saturated rings. The first-order chi connectivity index (χ1) is 9.58. The summed E-state index contributed by atoms with van der Waals surface area (Å²) < 4.78 is 13.3. The predicted octanol–water partition coefficient (Wildman–Crippen LogP) is 2.00. The van der Waals surface area contributed by atoms with Crippen molar-refractivity contribution < 1.29 is 9.18 Å². The number of carbonyl (C=O) groups excluding carboxylic acids is 1. The van der Waals surface area contributed by atoms with Gasteiger partial charge in [0.2, 0.25) is 5.91 Å². The Bertz CT molecular complexity index is 468. The maximum atomic E-state index is 13.3. The minimum Gasteiger partial charge on any atom is -0.354 e. The second-order valence-electron chi connectivity index (χ2n) is 5.47. The summed E-state index contributed by atoms with van der Waals surface area (Å²) in [5.41, 5.74) is 0.875. The van der Waals surface area contributed by atoms with Crippen molar-refractivity contribution in [3.63, 3.8) is 0 Å². The van der Waals surface area contributed by atoms with Crippen molar-refractivity contribution in [2.75, 3.05) is 33.7 Å². The first-order valence-corrected chi connectivity index (χ1v) is 6.98. The molecular weight excluding hydrogens is 328 g/mol. The van der Waals surface area contributed by atoms with Gasteiger partial charge in [-0.3, -0.25) is 4.79 Å². The lowest BCUT2D eigenvalue weighted by Crippen LogP contribution is -2.38. The highest BCUT2D eigenvalue weighted by Gasteiger charge is 2.23. The van der Waals surface area contributed by atoms with Crippen LogP contribution in [0.5, 0.6) is 0 Å². The molecule has 2 unspecified atom stereocenters. The van der Waals surface area contributed by atoms with E-state index in [1.807, 2.05) is 25.1 Å².